The summed E-state index contributed by atoms with van der Waals surface area (Å²) in [7, 11) is 0. The first kappa shape index (κ1) is 15.4. The highest BCUT2D eigenvalue weighted by Gasteiger charge is 2.45. The molecular formula is C21H20O2. The molecule has 2 aromatic carbocycles. The van der Waals surface area contributed by atoms with Gasteiger partial charge in [-0.1, -0.05) is 66.7 Å². The normalized spacial score (nSPS) is 20.5. The van der Waals surface area contributed by atoms with Gasteiger partial charge < -0.3 is 0 Å². The van der Waals surface area contributed by atoms with Gasteiger partial charge in [0, 0.05) is 5.56 Å². The Hall–Kier alpha value is -2.48. The molecule has 2 heteroatoms. The quantitative estimate of drug-likeness (QED) is 0.780. The molecule has 0 heterocycles. The van der Waals surface area contributed by atoms with Crippen molar-refractivity contribution in [3.63, 3.8) is 0 Å². The number of hydrogen-bond acceptors (Lipinski definition) is 2. The van der Waals surface area contributed by atoms with E-state index in [1.54, 1.807) is 6.92 Å². The molecule has 0 aliphatic heterocycles. The number of benzene rings is 2. The summed E-state index contributed by atoms with van der Waals surface area (Å²) in [6.45, 7) is 1.54. The predicted octanol–water partition coefficient (Wildman–Crippen LogP) is 4.49. The molecule has 1 aliphatic rings. The molecule has 1 aliphatic carbocycles. The van der Waals surface area contributed by atoms with Crippen molar-refractivity contribution in [3.05, 3.63) is 77.4 Å². The molecule has 0 saturated carbocycles. The largest absolute Gasteiger partial charge is 0.299 e. The van der Waals surface area contributed by atoms with Crippen LogP contribution < -0.4 is 0 Å². The first-order valence-electron chi connectivity index (χ1n) is 7.99. The minimum absolute atomic E-state index is 0.0236. The van der Waals surface area contributed by atoms with Gasteiger partial charge in [0.25, 0.3) is 0 Å². The van der Waals surface area contributed by atoms with Gasteiger partial charge in [-0.2, -0.15) is 0 Å². The van der Waals surface area contributed by atoms with E-state index in [1.165, 1.54) is 0 Å². The van der Waals surface area contributed by atoms with E-state index < -0.39 is 5.41 Å². The molecule has 3 rings (SSSR count). The van der Waals surface area contributed by atoms with Gasteiger partial charge >= 0.3 is 0 Å². The Morgan fingerprint density at radius 1 is 1.09 bits per heavy atom. The summed E-state index contributed by atoms with van der Waals surface area (Å²) in [4.78, 5) is 25.3. The Kier molecular flexibility index (Phi) is 4.24. The van der Waals surface area contributed by atoms with Crippen LogP contribution in [0.5, 0.6) is 0 Å². The summed E-state index contributed by atoms with van der Waals surface area (Å²) in [5.74, 6) is -0.0562. The molecule has 0 N–H and O–H groups in total. The van der Waals surface area contributed by atoms with E-state index >= 15 is 0 Å². The molecule has 0 unspecified atom stereocenters. The molecule has 0 saturated heterocycles. The van der Waals surface area contributed by atoms with Crippen molar-refractivity contribution in [2.24, 2.45) is 5.41 Å². The monoisotopic (exact) mass is 304 g/mol. The van der Waals surface area contributed by atoms with Crippen LogP contribution in [0.2, 0.25) is 0 Å². The van der Waals surface area contributed by atoms with Crippen LogP contribution in [-0.2, 0) is 11.2 Å². The third-order valence-electron chi connectivity index (χ3n) is 4.77. The highest BCUT2D eigenvalue weighted by atomic mass is 16.2. The molecule has 2 aromatic rings. The standard InChI is InChI=1S/C21H20O2/c1-16(22)21(14-7-10-17-8-3-2-4-9-17)15-13-18-11-5-6-12-19(18)20(21)23/h2-12H,13-15H2,1H3/b10-7+/t21-/m0/s1. The van der Waals surface area contributed by atoms with Crippen molar-refractivity contribution < 1.29 is 9.59 Å². The lowest BCUT2D eigenvalue weighted by Crippen LogP contribution is -2.41. The Morgan fingerprint density at radius 2 is 1.78 bits per heavy atom. The highest BCUT2D eigenvalue weighted by Crippen LogP contribution is 2.39. The molecule has 116 valence electrons. The van der Waals surface area contributed by atoms with Crippen molar-refractivity contribution in [1.82, 2.24) is 0 Å². The van der Waals surface area contributed by atoms with Crippen LogP contribution in [0.15, 0.2) is 60.7 Å². The van der Waals surface area contributed by atoms with Gasteiger partial charge in [-0.15, -0.1) is 0 Å². The first-order valence-corrected chi connectivity index (χ1v) is 7.99. The summed E-state index contributed by atoms with van der Waals surface area (Å²) in [5.41, 5.74) is 1.94. The van der Waals surface area contributed by atoms with Crippen LogP contribution in [0, 0.1) is 5.41 Å². The van der Waals surface area contributed by atoms with Crippen molar-refractivity contribution in [2.75, 3.05) is 0 Å². The fourth-order valence-electron chi connectivity index (χ4n) is 3.31. The highest BCUT2D eigenvalue weighted by molar-refractivity contribution is 6.15. The fraction of sp³-hybridized carbons (Fsp3) is 0.238. The lowest BCUT2D eigenvalue weighted by atomic mass is 9.66. The molecule has 23 heavy (non-hydrogen) atoms. The minimum atomic E-state index is -0.903. The third-order valence-corrected chi connectivity index (χ3v) is 4.77. The topological polar surface area (TPSA) is 34.1 Å². The smallest absolute Gasteiger partial charge is 0.176 e. The number of fused-ring (bicyclic) bond motifs is 1. The fourth-order valence-corrected chi connectivity index (χ4v) is 3.31. The van der Waals surface area contributed by atoms with E-state index in [0.717, 1.165) is 17.5 Å². The summed E-state index contributed by atoms with van der Waals surface area (Å²) >= 11 is 0. The van der Waals surface area contributed by atoms with Crippen molar-refractivity contribution in [3.8, 4) is 0 Å². The van der Waals surface area contributed by atoms with E-state index in [2.05, 4.69) is 0 Å². The zero-order valence-corrected chi connectivity index (χ0v) is 13.3. The number of carbonyl (C=O) groups is 2. The number of allylic oxidation sites excluding steroid dienone is 1. The summed E-state index contributed by atoms with van der Waals surface area (Å²) in [5, 5.41) is 0. The maximum atomic E-state index is 13.0. The predicted molar refractivity (Wildman–Crippen MR) is 92.3 cm³/mol. The SMILES string of the molecule is CC(=O)[C@]1(C/C=C/c2ccccc2)CCc2ccccc2C1=O. The van der Waals surface area contributed by atoms with Crippen molar-refractivity contribution in [1.29, 1.82) is 0 Å². The molecule has 0 aromatic heterocycles. The molecule has 0 bridgehead atoms. The zero-order valence-electron chi connectivity index (χ0n) is 13.3. The second-order valence-corrected chi connectivity index (χ2v) is 6.14. The van der Waals surface area contributed by atoms with Gasteiger partial charge in [0.1, 0.15) is 5.78 Å². The Balaban J connectivity index is 1.88. The maximum Gasteiger partial charge on any atom is 0.176 e. The van der Waals surface area contributed by atoms with E-state index in [1.807, 2.05) is 66.7 Å². The average Bonchev–Trinajstić information content (AvgIpc) is 2.58. The summed E-state index contributed by atoms with van der Waals surface area (Å²) in [6, 6.07) is 17.6. The molecule has 0 radical (unpaired) electrons. The van der Waals surface area contributed by atoms with E-state index in [0.29, 0.717) is 18.4 Å². The number of ketones is 2. The Morgan fingerprint density at radius 3 is 2.52 bits per heavy atom. The number of rotatable bonds is 4. The number of aryl methyl sites for hydroxylation is 1. The second-order valence-electron chi connectivity index (χ2n) is 6.14. The molecule has 2 nitrogen and oxygen atoms in total. The van der Waals surface area contributed by atoms with Crippen LogP contribution >= 0.6 is 0 Å². The molecular weight excluding hydrogens is 284 g/mol. The van der Waals surface area contributed by atoms with Crippen LogP contribution in [0.4, 0.5) is 0 Å². The van der Waals surface area contributed by atoms with E-state index in [-0.39, 0.29) is 11.6 Å². The van der Waals surface area contributed by atoms with Crippen LogP contribution in [0.1, 0.15) is 41.3 Å². The minimum Gasteiger partial charge on any atom is -0.299 e. The molecule has 0 spiro atoms. The van der Waals surface area contributed by atoms with Crippen molar-refractivity contribution in [2.45, 2.75) is 26.2 Å². The lowest BCUT2D eigenvalue weighted by Gasteiger charge is -2.33. The second kappa shape index (κ2) is 6.33. The Bertz CT molecular complexity index is 758. The van der Waals surface area contributed by atoms with Gasteiger partial charge in [-0.05, 0) is 37.3 Å². The summed E-state index contributed by atoms with van der Waals surface area (Å²) < 4.78 is 0. The van der Waals surface area contributed by atoms with Crippen LogP contribution in [0.25, 0.3) is 6.08 Å². The van der Waals surface area contributed by atoms with Crippen molar-refractivity contribution >= 4 is 17.6 Å². The maximum absolute atomic E-state index is 13.0. The van der Waals surface area contributed by atoms with Crippen LogP contribution in [0.3, 0.4) is 0 Å². The summed E-state index contributed by atoms with van der Waals surface area (Å²) in [6.07, 6.45) is 5.78. The molecule has 1 atom stereocenters. The molecule has 0 fully saturated rings. The van der Waals surface area contributed by atoms with Gasteiger partial charge in [0.2, 0.25) is 0 Å². The van der Waals surface area contributed by atoms with Crippen LogP contribution in [-0.4, -0.2) is 11.6 Å². The lowest BCUT2D eigenvalue weighted by molar-refractivity contribution is -0.124. The van der Waals surface area contributed by atoms with Gasteiger partial charge in [-0.3, -0.25) is 9.59 Å². The van der Waals surface area contributed by atoms with Gasteiger partial charge in [-0.25, -0.2) is 0 Å². The van der Waals surface area contributed by atoms with Gasteiger partial charge in [0.15, 0.2) is 5.78 Å². The van der Waals surface area contributed by atoms with E-state index in [9.17, 15) is 9.59 Å². The average molecular weight is 304 g/mol. The Labute approximate surface area is 136 Å². The molecule has 0 amide bonds. The number of Topliss-reactive ketones (excluding diaryl/α,β-unsaturated/α-hetero) is 2. The van der Waals surface area contributed by atoms with E-state index in [4.69, 9.17) is 0 Å². The van der Waals surface area contributed by atoms with Gasteiger partial charge in [0.05, 0.1) is 5.41 Å². The number of carbonyl (C=O) groups excluding carboxylic acids is 2. The first-order chi connectivity index (χ1) is 11.1. The zero-order chi connectivity index (χ0) is 16.3. The third kappa shape index (κ3) is 2.89. The number of hydrogen-bond donors (Lipinski definition) is 0.